The van der Waals surface area contributed by atoms with Crippen molar-refractivity contribution in [3.05, 3.63) is 64.4 Å². The number of halogens is 2. The van der Waals surface area contributed by atoms with E-state index in [0.29, 0.717) is 26.7 Å². The number of rotatable bonds is 7. The van der Waals surface area contributed by atoms with Crippen LogP contribution in [0.25, 0.3) is 0 Å². The van der Waals surface area contributed by atoms with E-state index in [1.54, 1.807) is 24.3 Å². The van der Waals surface area contributed by atoms with E-state index < -0.39 is 0 Å². The SMILES string of the molecule is O=C(COc1ccccc1Cl)Nc1nnc(COc2ccc(F)cc2)s1. The predicted molar refractivity (Wildman–Crippen MR) is 96.2 cm³/mol. The third-order valence-electron chi connectivity index (χ3n) is 3.08. The van der Waals surface area contributed by atoms with E-state index in [-0.39, 0.29) is 24.9 Å². The largest absolute Gasteiger partial charge is 0.486 e. The van der Waals surface area contributed by atoms with Gasteiger partial charge in [0.05, 0.1) is 5.02 Å². The highest BCUT2D eigenvalue weighted by molar-refractivity contribution is 7.15. The lowest BCUT2D eigenvalue weighted by Gasteiger charge is -2.06. The maximum atomic E-state index is 12.8. The minimum Gasteiger partial charge on any atom is -0.486 e. The first kappa shape index (κ1) is 18.1. The molecule has 1 N–H and O–H groups in total. The summed E-state index contributed by atoms with van der Waals surface area (Å²) in [5, 5.41) is 11.7. The maximum Gasteiger partial charge on any atom is 0.264 e. The van der Waals surface area contributed by atoms with Crippen LogP contribution in [0.3, 0.4) is 0 Å². The molecular formula is C17H13ClFN3O3S. The number of anilines is 1. The van der Waals surface area contributed by atoms with Crippen molar-refractivity contribution in [2.45, 2.75) is 6.61 Å². The second-order valence-corrected chi connectivity index (χ2v) is 6.48. The van der Waals surface area contributed by atoms with Crippen molar-refractivity contribution in [1.29, 1.82) is 0 Å². The lowest BCUT2D eigenvalue weighted by atomic mass is 10.3. The van der Waals surface area contributed by atoms with Gasteiger partial charge in [0.2, 0.25) is 5.13 Å². The standard InChI is InChI=1S/C17H13ClFN3O3S/c18-13-3-1-2-4-14(13)25-9-15(23)20-17-22-21-16(26-17)10-24-12-7-5-11(19)6-8-12/h1-8H,9-10H2,(H,20,22,23). The molecule has 0 saturated heterocycles. The second-order valence-electron chi connectivity index (χ2n) is 5.01. The van der Waals surface area contributed by atoms with E-state index in [2.05, 4.69) is 15.5 Å². The Morgan fingerprint density at radius 2 is 1.88 bits per heavy atom. The van der Waals surface area contributed by atoms with Gasteiger partial charge in [-0.2, -0.15) is 0 Å². The van der Waals surface area contributed by atoms with Crippen LogP contribution in [-0.2, 0) is 11.4 Å². The second kappa shape index (κ2) is 8.59. The number of nitrogens with zero attached hydrogens (tertiary/aromatic N) is 2. The Kier molecular flexibility index (Phi) is 5.98. The highest BCUT2D eigenvalue weighted by atomic mass is 35.5. The fourth-order valence-corrected chi connectivity index (χ4v) is 2.76. The normalized spacial score (nSPS) is 10.4. The molecule has 0 aliphatic carbocycles. The summed E-state index contributed by atoms with van der Waals surface area (Å²) in [6.07, 6.45) is 0. The first-order chi connectivity index (χ1) is 12.6. The number of carbonyl (C=O) groups is 1. The van der Waals surface area contributed by atoms with Crippen molar-refractivity contribution in [3.63, 3.8) is 0 Å². The van der Waals surface area contributed by atoms with Crippen LogP contribution in [0.5, 0.6) is 11.5 Å². The van der Waals surface area contributed by atoms with Gasteiger partial charge in [0, 0.05) is 0 Å². The number of aromatic nitrogens is 2. The van der Waals surface area contributed by atoms with Crippen molar-refractivity contribution >= 4 is 34.0 Å². The van der Waals surface area contributed by atoms with E-state index in [0.717, 1.165) is 0 Å². The molecular weight excluding hydrogens is 381 g/mol. The van der Waals surface area contributed by atoms with Gasteiger partial charge < -0.3 is 9.47 Å². The Hall–Kier alpha value is -2.71. The zero-order valence-electron chi connectivity index (χ0n) is 13.3. The van der Waals surface area contributed by atoms with Crippen molar-refractivity contribution in [1.82, 2.24) is 10.2 Å². The molecule has 0 aliphatic rings. The molecule has 1 aromatic heterocycles. The van der Waals surface area contributed by atoms with Gasteiger partial charge in [-0.3, -0.25) is 10.1 Å². The molecule has 0 atom stereocenters. The van der Waals surface area contributed by atoms with E-state index in [9.17, 15) is 9.18 Å². The summed E-state index contributed by atoms with van der Waals surface area (Å²) in [6, 6.07) is 12.5. The van der Waals surface area contributed by atoms with E-state index in [1.807, 2.05) is 0 Å². The first-order valence-corrected chi connectivity index (χ1v) is 8.67. The number of hydrogen-bond donors (Lipinski definition) is 1. The average Bonchev–Trinajstić information content (AvgIpc) is 3.08. The van der Waals surface area contributed by atoms with Gasteiger partial charge in [0.1, 0.15) is 23.9 Å². The molecule has 3 rings (SSSR count). The van der Waals surface area contributed by atoms with Crippen LogP contribution in [0.15, 0.2) is 48.5 Å². The van der Waals surface area contributed by atoms with Crippen molar-refractivity contribution < 1.29 is 18.7 Å². The van der Waals surface area contributed by atoms with Gasteiger partial charge in [0.25, 0.3) is 5.91 Å². The molecule has 0 spiro atoms. The molecule has 134 valence electrons. The fourth-order valence-electron chi connectivity index (χ4n) is 1.90. The van der Waals surface area contributed by atoms with Gasteiger partial charge >= 0.3 is 0 Å². The number of amides is 1. The van der Waals surface area contributed by atoms with Crippen molar-refractivity contribution in [2.24, 2.45) is 0 Å². The Bertz CT molecular complexity index is 889. The highest BCUT2D eigenvalue weighted by Gasteiger charge is 2.10. The molecule has 26 heavy (non-hydrogen) atoms. The van der Waals surface area contributed by atoms with Gasteiger partial charge in [-0.1, -0.05) is 35.1 Å². The molecule has 1 amide bonds. The van der Waals surface area contributed by atoms with Crippen LogP contribution in [0.4, 0.5) is 9.52 Å². The number of benzene rings is 2. The molecule has 9 heteroatoms. The molecule has 6 nitrogen and oxygen atoms in total. The molecule has 0 aliphatic heterocycles. The quantitative estimate of drug-likeness (QED) is 0.658. The van der Waals surface area contributed by atoms with Gasteiger partial charge in [0.15, 0.2) is 11.6 Å². The summed E-state index contributed by atoms with van der Waals surface area (Å²) in [4.78, 5) is 11.9. The summed E-state index contributed by atoms with van der Waals surface area (Å²) in [5.41, 5.74) is 0. The Morgan fingerprint density at radius 1 is 1.12 bits per heavy atom. The van der Waals surface area contributed by atoms with Crippen molar-refractivity contribution in [2.75, 3.05) is 11.9 Å². The molecule has 2 aromatic carbocycles. The van der Waals surface area contributed by atoms with Gasteiger partial charge in [-0.05, 0) is 36.4 Å². The van der Waals surface area contributed by atoms with E-state index in [1.165, 1.54) is 35.6 Å². The third-order valence-corrected chi connectivity index (χ3v) is 4.21. The summed E-state index contributed by atoms with van der Waals surface area (Å²) in [6.45, 7) is -0.0416. The van der Waals surface area contributed by atoms with Crippen LogP contribution >= 0.6 is 22.9 Å². The number of nitrogens with one attached hydrogen (secondary N) is 1. The topological polar surface area (TPSA) is 73.3 Å². The van der Waals surface area contributed by atoms with Crippen LogP contribution in [0.1, 0.15) is 5.01 Å². The van der Waals surface area contributed by atoms with Crippen LogP contribution in [0, 0.1) is 5.82 Å². The number of hydrogen-bond acceptors (Lipinski definition) is 6. The summed E-state index contributed by atoms with van der Waals surface area (Å²) >= 11 is 7.13. The minimum atomic E-state index is -0.382. The molecule has 0 radical (unpaired) electrons. The lowest BCUT2D eigenvalue weighted by Crippen LogP contribution is -2.20. The zero-order chi connectivity index (χ0) is 18.4. The minimum absolute atomic E-state index is 0.162. The van der Waals surface area contributed by atoms with E-state index in [4.69, 9.17) is 21.1 Å². The third kappa shape index (κ3) is 5.14. The van der Waals surface area contributed by atoms with Gasteiger partial charge in [-0.15, -0.1) is 10.2 Å². The molecule has 1 heterocycles. The Balaban J connectivity index is 1.47. The first-order valence-electron chi connectivity index (χ1n) is 7.48. The van der Waals surface area contributed by atoms with Crippen LogP contribution in [-0.4, -0.2) is 22.7 Å². The Morgan fingerprint density at radius 3 is 2.65 bits per heavy atom. The van der Waals surface area contributed by atoms with E-state index >= 15 is 0 Å². The highest BCUT2D eigenvalue weighted by Crippen LogP contribution is 2.23. The zero-order valence-corrected chi connectivity index (χ0v) is 14.9. The summed E-state index contributed by atoms with van der Waals surface area (Å²) < 4.78 is 23.7. The average molecular weight is 394 g/mol. The lowest BCUT2D eigenvalue weighted by molar-refractivity contribution is -0.118. The van der Waals surface area contributed by atoms with Crippen molar-refractivity contribution in [3.8, 4) is 11.5 Å². The molecule has 0 bridgehead atoms. The Labute approximate surface area is 157 Å². The number of carbonyl (C=O) groups excluding carboxylic acids is 1. The number of ether oxygens (including phenoxy) is 2. The fraction of sp³-hybridized carbons (Fsp3) is 0.118. The predicted octanol–water partition coefficient (Wildman–Crippen LogP) is 3.93. The summed E-state index contributed by atoms with van der Waals surface area (Å²) in [7, 11) is 0. The molecule has 0 fully saturated rings. The van der Waals surface area contributed by atoms with Gasteiger partial charge in [-0.25, -0.2) is 4.39 Å². The summed E-state index contributed by atoms with van der Waals surface area (Å²) in [5.74, 6) is 0.222. The monoisotopic (exact) mass is 393 g/mol. The smallest absolute Gasteiger partial charge is 0.264 e. The maximum absolute atomic E-state index is 12.8. The van der Waals surface area contributed by atoms with Crippen LogP contribution < -0.4 is 14.8 Å². The molecule has 3 aromatic rings. The number of para-hydroxylation sites is 1. The molecule has 0 unspecified atom stereocenters. The van der Waals surface area contributed by atoms with Crippen LogP contribution in [0.2, 0.25) is 5.02 Å². The molecule has 0 saturated carbocycles.